The smallest absolute Gasteiger partial charge is 0.200 e. The van der Waals surface area contributed by atoms with Gasteiger partial charge in [0.25, 0.3) is 0 Å². The molecule has 3 N–H and O–H groups in total. The van der Waals surface area contributed by atoms with Crippen LogP contribution in [0, 0.1) is 0 Å². The van der Waals surface area contributed by atoms with Crippen molar-refractivity contribution >= 4 is 0 Å². The number of hydrogen-bond donors (Lipinski definition) is 2. The molecule has 5 heteroatoms. The Balaban J connectivity index is 3.11. The van der Waals surface area contributed by atoms with Gasteiger partial charge in [0.2, 0.25) is 5.75 Å². The quantitative estimate of drug-likeness (QED) is 0.744. The van der Waals surface area contributed by atoms with Crippen molar-refractivity contribution in [2.45, 2.75) is 12.8 Å². The van der Waals surface area contributed by atoms with Crippen LogP contribution in [-0.2, 0) is 4.84 Å². The fraction of sp³-hybridized carbons (Fsp3) is 0.455. The molecule has 0 bridgehead atoms. The minimum Gasteiger partial charge on any atom is -0.502 e. The second-order valence-electron chi connectivity index (χ2n) is 3.51. The lowest BCUT2D eigenvalue weighted by molar-refractivity contribution is 0.126. The van der Waals surface area contributed by atoms with E-state index in [1.807, 2.05) is 6.92 Å². The Kier molecular flexibility index (Phi) is 4.39. The van der Waals surface area contributed by atoms with Crippen LogP contribution >= 0.6 is 0 Å². The van der Waals surface area contributed by atoms with E-state index in [1.165, 1.54) is 14.2 Å². The van der Waals surface area contributed by atoms with Crippen molar-refractivity contribution in [2.24, 2.45) is 5.90 Å². The van der Waals surface area contributed by atoms with Crippen LogP contribution < -0.4 is 15.4 Å². The molecule has 0 spiro atoms. The molecule has 0 heterocycles. The molecule has 0 aliphatic rings. The van der Waals surface area contributed by atoms with Gasteiger partial charge in [-0.25, -0.2) is 5.90 Å². The second-order valence-corrected chi connectivity index (χ2v) is 3.51. The zero-order chi connectivity index (χ0) is 12.1. The predicted molar refractivity (Wildman–Crippen MR) is 59.8 cm³/mol. The molecule has 1 unspecified atom stereocenters. The van der Waals surface area contributed by atoms with E-state index < -0.39 is 0 Å². The maximum Gasteiger partial charge on any atom is 0.200 e. The number of benzene rings is 1. The van der Waals surface area contributed by atoms with Crippen LogP contribution in [0.25, 0.3) is 0 Å². The Morgan fingerprint density at radius 3 is 2.12 bits per heavy atom. The second kappa shape index (κ2) is 5.58. The van der Waals surface area contributed by atoms with Crippen LogP contribution in [0.5, 0.6) is 17.2 Å². The van der Waals surface area contributed by atoms with Gasteiger partial charge >= 0.3 is 0 Å². The molecule has 0 saturated carbocycles. The largest absolute Gasteiger partial charge is 0.502 e. The SMILES string of the molecule is COc1cc(C(C)CON)cc(OC)c1O. The number of methoxy groups -OCH3 is 2. The Morgan fingerprint density at radius 1 is 1.25 bits per heavy atom. The monoisotopic (exact) mass is 227 g/mol. The normalized spacial score (nSPS) is 12.2. The van der Waals surface area contributed by atoms with Crippen molar-refractivity contribution in [2.75, 3.05) is 20.8 Å². The number of nitrogens with two attached hydrogens (primary N) is 1. The van der Waals surface area contributed by atoms with Crippen molar-refractivity contribution in [3.63, 3.8) is 0 Å². The maximum absolute atomic E-state index is 9.72. The van der Waals surface area contributed by atoms with E-state index in [0.29, 0.717) is 18.1 Å². The van der Waals surface area contributed by atoms with E-state index in [2.05, 4.69) is 4.84 Å². The van der Waals surface area contributed by atoms with Crippen LogP contribution in [0.3, 0.4) is 0 Å². The van der Waals surface area contributed by atoms with Crippen molar-refractivity contribution in [1.82, 2.24) is 0 Å². The number of ether oxygens (including phenoxy) is 2. The first-order valence-electron chi connectivity index (χ1n) is 4.90. The Labute approximate surface area is 94.7 Å². The van der Waals surface area contributed by atoms with Gasteiger partial charge < -0.3 is 19.4 Å². The number of phenols is 1. The summed E-state index contributed by atoms with van der Waals surface area (Å²) >= 11 is 0. The molecule has 0 radical (unpaired) electrons. The number of aromatic hydroxyl groups is 1. The highest BCUT2D eigenvalue weighted by Crippen LogP contribution is 2.38. The fourth-order valence-corrected chi connectivity index (χ4v) is 1.44. The highest BCUT2D eigenvalue weighted by Gasteiger charge is 2.14. The minimum atomic E-state index is -0.00498. The molecule has 0 aliphatic heterocycles. The van der Waals surface area contributed by atoms with E-state index in [0.717, 1.165) is 5.56 Å². The summed E-state index contributed by atoms with van der Waals surface area (Å²) < 4.78 is 10.1. The summed E-state index contributed by atoms with van der Waals surface area (Å²) in [4.78, 5) is 4.59. The van der Waals surface area contributed by atoms with Gasteiger partial charge in [-0.2, -0.15) is 0 Å². The lowest BCUT2D eigenvalue weighted by Crippen LogP contribution is -2.08. The third kappa shape index (κ3) is 2.56. The summed E-state index contributed by atoms with van der Waals surface area (Å²) in [7, 11) is 2.98. The fourth-order valence-electron chi connectivity index (χ4n) is 1.44. The maximum atomic E-state index is 9.72. The zero-order valence-electron chi connectivity index (χ0n) is 9.69. The molecule has 16 heavy (non-hydrogen) atoms. The summed E-state index contributed by atoms with van der Waals surface area (Å²) in [6.07, 6.45) is 0. The minimum absolute atomic E-state index is 0.00498. The molecule has 0 saturated heterocycles. The van der Waals surface area contributed by atoms with Gasteiger partial charge in [0, 0.05) is 5.92 Å². The first kappa shape index (κ1) is 12.6. The van der Waals surface area contributed by atoms with Gasteiger partial charge in [-0.3, -0.25) is 0 Å². The first-order chi connectivity index (χ1) is 7.63. The lowest BCUT2D eigenvalue weighted by Gasteiger charge is -2.15. The summed E-state index contributed by atoms with van der Waals surface area (Å²) in [6.45, 7) is 2.34. The number of rotatable bonds is 5. The summed E-state index contributed by atoms with van der Waals surface area (Å²) in [6, 6.07) is 3.48. The number of hydrogen-bond acceptors (Lipinski definition) is 5. The van der Waals surface area contributed by atoms with Crippen molar-refractivity contribution in [3.05, 3.63) is 17.7 Å². The van der Waals surface area contributed by atoms with Crippen molar-refractivity contribution < 1.29 is 19.4 Å². The number of phenolic OH excluding ortho intramolecular Hbond substituents is 1. The van der Waals surface area contributed by atoms with E-state index in [1.54, 1.807) is 12.1 Å². The molecule has 1 aromatic carbocycles. The molecule has 1 rings (SSSR count). The van der Waals surface area contributed by atoms with Crippen LogP contribution in [0.1, 0.15) is 18.4 Å². The van der Waals surface area contributed by atoms with E-state index in [9.17, 15) is 5.11 Å². The molecule has 5 nitrogen and oxygen atoms in total. The Hall–Kier alpha value is -1.46. The molecule has 1 atom stereocenters. The van der Waals surface area contributed by atoms with Crippen molar-refractivity contribution in [1.29, 1.82) is 0 Å². The van der Waals surface area contributed by atoms with E-state index in [4.69, 9.17) is 15.4 Å². The first-order valence-corrected chi connectivity index (χ1v) is 4.90. The average Bonchev–Trinajstić information content (AvgIpc) is 2.29. The standard InChI is InChI=1S/C11H17NO4/c1-7(6-16-12)8-4-9(14-2)11(13)10(5-8)15-3/h4-5,7,13H,6,12H2,1-3H3. The zero-order valence-corrected chi connectivity index (χ0v) is 9.69. The van der Waals surface area contributed by atoms with Gasteiger partial charge in [-0.15, -0.1) is 0 Å². The average molecular weight is 227 g/mol. The molecule has 90 valence electrons. The van der Waals surface area contributed by atoms with Crippen LogP contribution in [-0.4, -0.2) is 25.9 Å². The molecule has 1 aromatic rings. The predicted octanol–water partition coefficient (Wildman–Crippen LogP) is 1.40. The van der Waals surface area contributed by atoms with Crippen LogP contribution in [0.15, 0.2) is 12.1 Å². The molecule has 0 fully saturated rings. The van der Waals surface area contributed by atoms with Crippen molar-refractivity contribution in [3.8, 4) is 17.2 Å². The highest BCUT2D eigenvalue weighted by molar-refractivity contribution is 5.53. The van der Waals surface area contributed by atoms with Gasteiger partial charge in [-0.1, -0.05) is 6.92 Å². The molecular formula is C11H17NO4. The van der Waals surface area contributed by atoms with E-state index in [-0.39, 0.29) is 11.7 Å². The highest BCUT2D eigenvalue weighted by atomic mass is 16.6. The summed E-state index contributed by atoms with van der Waals surface area (Å²) in [5, 5.41) is 9.72. The molecule has 0 aromatic heterocycles. The van der Waals surface area contributed by atoms with Crippen LogP contribution in [0.4, 0.5) is 0 Å². The van der Waals surface area contributed by atoms with Gasteiger partial charge in [0.05, 0.1) is 20.8 Å². The topological polar surface area (TPSA) is 73.9 Å². The van der Waals surface area contributed by atoms with E-state index >= 15 is 0 Å². The third-order valence-corrected chi connectivity index (χ3v) is 2.42. The van der Waals surface area contributed by atoms with Crippen LogP contribution in [0.2, 0.25) is 0 Å². The van der Waals surface area contributed by atoms with Gasteiger partial charge in [0.1, 0.15) is 0 Å². The third-order valence-electron chi connectivity index (χ3n) is 2.42. The molecule has 0 aliphatic carbocycles. The Morgan fingerprint density at radius 2 is 1.75 bits per heavy atom. The van der Waals surface area contributed by atoms with Gasteiger partial charge in [-0.05, 0) is 17.7 Å². The Bertz CT molecular complexity index is 329. The van der Waals surface area contributed by atoms with Gasteiger partial charge in [0.15, 0.2) is 11.5 Å². The molecule has 0 amide bonds. The summed E-state index contributed by atoms with van der Waals surface area (Å²) in [5.74, 6) is 5.86. The lowest BCUT2D eigenvalue weighted by atomic mass is 10.0. The summed E-state index contributed by atoms with van der Waals surface area (Å²) in [5.41, 5.74) is 0.928. The molecular weight excluding hydrogens is 210 g/mol.